The summed E-state index contributed by atoms with van der Waals surface area (Å²) in [5.41, 5.74) is 0. The molecule has 0 amide bonds. The van der Waals surface area contributed by atoms with Gasteiger partial charge in [0.25, 0.3) is 0 Å². The maximum Gasteiger partial charge on any atom is 0.181 e. The van der Waals surface area contributed by atoms with Crippen molar-refractivity contribution in [3.8, 4) is 0 Å². The average Bonchev–Trinajstić information content (AvgIpc) is 2.36. The van der Waals surface area contributed by atoms with Gasteiger partial charge in [-0.3, -0.25) is 0 Å². The zero-order chi connectivity index (χ0) is 14.5. The van der Waals surface area contributed by atoms with Crippen LogP contribution in [0.5, 0.6) is 0 Å². The average molecular weight is 304 g/mol. The Labute approximate surface area is 121 Å². The van der Waals surface area contributed by atoms with Crippen molar-refractivity contribution < 1.29 is 8.42 Å². The molecule has 5 heteroatoms. The first-order valence-electron chi connectivity index (χ1n) is 6.60. The molecule has 3 nitrogen and oxygen atoms in total. The molecule has 0 aliphatic rings. The Balaban J connectivity index is 2.74. The van der Waals surface area contributed by atoms with Crippen LogP contribution in [-0.2, 0) is 9.84 Å². The van der Waals surface area contributed by atoms with Gasteiger partial charge < -0.3 is 5.32 Å². The largest absolute Gasteiger partial charge is 0.314 e. The second kappa shape index (κ2) is 7.27. The fourth-order valence-electron chi connectivity index (χ4n) is 1.96. The van der Waals surface area contributed by atoms with Gasteiger partial charge in [0.15, 0.2) is 9.84 Å². The third kappa shape index (κ3) is 4.79. The Bertz CT molecular complexity index is 485. The standard InChI is InChI=1S/C14H22ClNO2S/c1-4-9-16-11(2)10-12(3)19(17,18)14-7-5-13(15)6-8-14/h5-8,11-12,16H,4,9-10H2,1-3H3. The highest BCUT2D eigenvalue weighted by Crippen LogP contribution is 2.21. The van der Waals surface area contributed by atoms with Crippen molar-refractivity contribution in [2.24, 2.45) is 0 Å². The van der Waals surface area contributed by atoms with Crippen molar-refractivity contribution >= 4 is 21.4 Å². The van der Waals surface area contributed by atoms with E-state index in [0.717, 1.165) is 13.0 Å². The molecule has 0 aliphatic carbocycles. The summed E-state index contributed by atoms with van der Waals surface area (Å²) in [5, 5.41) is 3.45. The zero-order valence-corrected chi connectivity index (χ0v) is 13.3. The number of halogens is 1. The van der Waals surface area contributed by atoms with Gasteiger partial charge >= 0.3 is 0 Å². The third-order valence-corrected chi connectivity index (χ3v) is 5.53. The van der Waals surface area contributed by atoms with E-state index < -0.39 is 15.1 Å². The van der Waals surface area contributed by atoms with Crippen molar-refractivity contribution in [3.63, 3.8) is 0 Å². The molecule has 0 saturated carbocycles. The second-order valence-corrected chi connectivity index (χ2v) is 7.70. The molecular formula is C14H22ClNO2S. The molecule has 2 unspecified atom stereocenters. The fraction of sp³-hybridized carbons (Fsp3) is 0.571. The molecule has 0 bridgehead atoms. The number of benzene rings is 1. The number of hydrogen-bond acceptors (Lipinski definition) is 3. The van der Waals surface area contributed by atoms with Crippen molar-refractivity contribution in [1.29, 1.82) is 0 Å². The van der Waals surface area contributed by atoms with Crippen LogP contribution < -0.4 is 5.32 Å². The highest BCUT2D eigenvalue weighted by molar-refractivity contribution is 7.92. The topological polar surface area (TPSA) is 46.2 Å². The molecule has 108 valence electrons. The van der Waals surface area contributed by atoms with Gasteiger partial charge in [0, 0.05) is 11.1 Å². The van der Waals surface area contributed by atoms with Gasteiger partial charge in [-0.15, -0.1) is 0 Å². The van der Waals surface area contributed by atoms with Crippen LogP contribution in [0.25, 0.3) is 0 Å². The summed E-state index contributed by atoms with van der Waals surface area (Å²) >= 11 is 5.78. The second-order valence-electron chi connectivity index (χ2n) is 4.90. The number of hydrogen-bond donors (Lipinski definition) is 1. The molecule has 1 aromatic carbocycles. The minimum atomic E-state index is -3.27. The molecule has 0 aliphatic heterocycles. The Morgan fingerprint density at radius 3 is 2.32 bits per heavy atom. The maximum atomic E-state index is 12.4. The molecular weight excluding hydrogens is 282 g/mol. The monoisotopic (exact) mass is 303 g/mol. The molecule has 19 heavy (non-hydrogen) atoms. The van der Waals surface area contributed by atoms with E-state index in [1.165, 1.54) is 0 Å². The predicted molar refractivity (Wildman–Crippen MR) is 80.5 cm³/mol. The summed E-state index contributed by atoms with van der Waals surface area (Å²) in [6.45, 7) is 6.78. The van der Waals surface area contributed by atoms with Crippen molar-refractivity contribution in [2.45, 2.75) is 49.8 Å². The van der Waals surface area contributed by atoms with E-state index in [1.807, 2.05) is 6.92 Å². The van der Waals surface area contributed by atoms with E-state index in [2.05, 4.69) is 12.2 Å². The predicted octanol–water partition coefficient (Wildman–Crippen LogP) is 3.28. The Morgan fingerprint density at radius 1 is 1.21 bits per heavy atom. The van der Waals surface area contributed by atoms with E-state index >= 15 is 0 Å². The molecule has 0 radical (unpaired) electrons. The summed E-state index contributed by atoms with van der Waals surface area (Å²) in [5.74, 6) is 0. The van der Waals surface area contributed by atoms with Crippen LogP contribution in [0.4, 0.5) is 0 Å². The zero-order valence-electron chi connectivity index (χ0n) is 11.7. The lowest BCUT2D eigenvalue weighted by molar-refractivity contribution is 0.497. The van der Waals surface area contributed by atoms with Crippen molar-refractivity contribution in [2.75, 3.05) is 6.54 Å². The summed E-state index contributed by atoms with van der Waals surface area (Å²) in [6, 6.07) is 6.55. The Kier molecular flexibility index (Phi) is 6.30. The number of sulfone groups is 1. The molecule has 1 N–H and O–H groups in total. The van der Waals surface area contributed by atoms with E-state index in [9.17, 15) is 8.42 Å². The SMILES string of the molecule is CCCNC(C)CC(C)S(=O)(=O)c1ccc(Cl)cc1. The lowest BCUT2D eigenvalue weighted by atomic mass is 10.2. The first-order chi connectivity index (χ1) is 8.87. The quantitative estimate of drug-likeness (QED) is 0.841. The molecule has 2 atom stereocenters. The van der Waals surface area contributed by atoms with Gasteiger partial charge in [0.2, 0.25) is 0 Å². The minimum absolute atomic E-state index is 0.192. The van der Waals surface area contributed by atoms with Crippen LogP contribution in [0.3, 0.4) is 0 Å². The van der Waals surface area contributed by atoms with Crippen LogP contribution >= 0.6 is 11.6 Å². The highest BCUT2D eigenvalue weighted by atomic mass is 35.5. The molecule has 0 saturated heterocycles. The molecule has 1 aromatic rings. The third-order valence-electron chi connectivity index (χ3n) is 3.10. The highest BCUT2D eigenvalue weighted by Gasteiger charge is 2.24. The summed E-state index contributed by atoms with van der Waals surface area (Å²) in [7, 11) is -3.27. The molecule has 0 spiro atoms. The van der Waals surface area contributed by atoms with Gasteiger partial charge in [-0.25, -0.2) is 8.42 Å². The van der Waals surface area contributed by atoms with E-state index in [0.29, 0.717) is 16.3 Å². The van der Waals surface area contributed by atoms with E-state index in [1.54, 1.807) is 31.2 Å². The van der Waals surface area contributed by atoms with Gasteiger partial charge in [-0.2, -0.15) is 0 Å². The van der Waals surface area contributed by atoms with Gasteiger partial charge in [-0.05, 0) is 57.5 Å². The Morgan fingerprint density at radius 2 is 1.79 bits per heavy atom. The smallest absolute Gasteiger partial charge is 0.181 e. The van der Waals surface area contributed by atoms with E-state index in [-0.39, 0.29) is 6.04 Å². The van der Waals surface area contributed by atoms with Crippen LogP contribution in [0, 0.1) is 0 Å². The first kappa shape index (κ1) is 16.5. The van der Waals surface area contributed by atoms with Crippen LogP contribution in [0.1, 0.15) is 33.6 Å². The lowest BCUT2D eigenvalue weighted by Gasteiger charge is -2.19. The number of nitrogens with one attached hydrogen (secondary N) is 1. The van der Waals surface area contributed by atoms with Crippen LogP contribution in [0.2, 0.25) is 5.02 Å². The van der Waals surface area contributed by atoms with E-state index in [4.69, 9.17) is 11.6 Å². The minimum Gasteiger partial charge on any atom is -0.314 e. The van der Waals surface area contributed by atoms with Crippen molar-refractivity contribution in [1.82, 2.24) is 5.32 Å². The summed E-state index contributed by atoms with van der Waals surface area (Å²) in [4.78, 5) is 0.340. The first-order valence-corrected chi connectivity index (χ1v) is 8.53. The summed E-state index contributed by atoms with van der Waals surface area (Å²) < 4.78 is 24.8. The van der Waals surface area contributed by atoms with Crippen molar-refractivity contribution in [3.05, 3.63) is 29.3 Å². The Hall–Kier alpha value is -0.580. The molecule has 1 rings (SSSR count). The van der Waals surface area contributed by atoms with Gasteiger partial charge in [0.1, 0.15) is 0 Å². The normalized spacial score (nSPS) is 15.2. The van der Waals surface area contributed by atoms with Crippen LogP contribution in [0.15, 0.2) is 29.2 Å². The van der Waals surface area contributed by atoms with Gasteiger partial charge in [0.05, 0.1) is 10.1 Å². The molecule has 0 fully saturated rings. The van der Waals surface area contributed by atoms with Crippen LogP contribution in [-0.4, -0.2) is 26.3 Å². The molecule has 0 heterocycles. The summed E-state index contributed by atoms with van der Waals surface area (Å²) in [6.07, 6.45) is 1.65. The maximum absolute atomic E-state index is 12.4. The fourth-order valence-corrected chi connectivity index (χ4v) is 3.60. The molecule has 0 aromatic heterocycles. The number of rotatable bonds is 7. The lowest BCUT2D eigenvalue weighted by Crippen LogP contribution is -2.32. The van der Waals surface area contributed by atoms with Gasteiger partial charge in [-0.1, -0.05) is 18.5 Å².